The zero-order valence-corrected chi connectivity index (χ0v) is 9.04. The molecule has 17 heavy (non-hydrogen) atoms. The van der Waals surface area contributed by atoms with Gasteiger partial charge in [-0.1, -0.05) is 30.3 Å². The summed E-state index contributed by atoms with van der Waals surface area (Å²) in [5.74, 6) is -0.787. The Balaban J connectivity index is 1.83. The third-order valence-corrected chi connectivity index (χ3v) is 3.07. The molecule has 3 rings (SSSR count). The molecule has 5 nitrogen and oxygen atoms in total. The molecule has 5 heteroatoms. The van der Waals surface area contributed by atoms with Gasteiger partial charge in [0, 0.05) is 6.21 Å². The molecule has 2 atom stereocenters. The van der Waals surface area contributed by atoms with Crippen LogP contribution in [0.3, 0.4) is 0 Å². The van der Waals surface area contributed by atoms with Crippen LogP contribution in [0.4, 0.5) is 0 Å². The molecule has 2 amide bonds. The fraction of sp³-hybridized carbons (Fsp3) is 0.250. The summed E-state index contributed by atoms with van der Waals surface area (Å²) in [6, 6.07) is 8.99. The van der Waals surface area contributed by atoms with Gasteiger partial charge >= 0.3 is 0 Å². The molecule has 0 saturated carbocycles. The van der Waals surface area contributed by atoms with Gasteiger partial charge < -0.3 is 0 Å². The van der Waals surface area contributed by atoms with Gasteiger partial charge in [-0.25, -0.2) is 0 Å². The van der Waals surface area contributed by atoms with Crippen molar-refractivity contribution in [3.63, 3.8) is 0 Å². The SMILES string of the molecule is O=C1[C@H]2C=NN[C@H]2C(=O)N1Cc1ccccc1. The Morgan fingerprint density at radius 3 is 2.65 bits per heavy atom. The van der Waals surface area contributed by atoms with Crippen molar-refractivity contribution in [1.29, 1.82) is 0 Å². The number of imide groups is 1. The Labute approximate surface area is 98.1 Å². The zero-order chi connectivity index (χ0) is 11.8. The zero-order valence-electron chi connectivity index (χ0n) is 9.04. The fourth-order valence-corrected chi connectivity index (χ4v) is 2.16. The minimum absolute atomic E-state index is 0.169. The average molecular weight is 229 g/mol. The van der Waals surface area contributed by atoms with E-state index in [1.165, 1.54) is 11.1 Å². The second-order valence-electron chi connectivity index (χ2n) is 4.16. The molecule has 0 spiro atoms. The van der Waals surface area contributed by atoms with Gasteiger partial charge in [0.15, 0.2) is 0 Å². The third kappa shape index (κ3) is 1.51. The first kappa shape index (κ1) is 10.0. The lowest BCUT2D eigenvalue weighted by Gasteiger charge is -2.14. The van der Waals surface area contributed by atoms with Crippen molar-refractivity contribution in [3.05, 3.63) is 35.9 Å². The summed E-state index contributed by atoms with van der Waals surface area (Å²) < 4.78 is 0. The van der Waals surface area contributed by atoms with Crippen LogP contribution in [-0.4, -0.2) is 29.0 Å². The number of rotatable bonds is 2. The third-order valence-electron chi connectivity index (χ3n) is 3.07. The van der Waals surface area contributed by atoms with Gasteiger partial charge in [-0.3, -0.25) is 19.9 Å². The summed E-state index contributed by atoms with van der Waals surface area (Å²) in [6.45, 7) is 0.334. The molecule has 0 bridgehead atoms. The number of likely N-dealkylation sites (tertiary alicyclic amines) is 1. The number of benzene rings is 1. The van der Waals surface area contributed by atoms with E-state index < -0.39 is 12.0 Å². The van der Waals surface area contributed by atoms with Crippen LogP contribution in [0.15, 0.2) is 35.4 Å². The Morgan fingerprint density at radius 2 is 1.94 bits per heavy atom. The van der Waals surface area contributed by atoms with Crippen molar-refractivity contribution in [2.24, 2.45) is 11.0 Å². The smallest absolute Gasteiger partial charge is 0.254 e. The normalized spacial score (nSPS) is 26.2. The first-order valence-electron chi connectivity index (χ1n) is 5.45. The number of amides is 2. The minimum Gasteiger partial charge on any atom is -0.297 e. The van der Waals surface area contributed by atoms with E-state index in [2.05, 4.69) is 10.5 Å². The number of hydrogen-bond acceptors (Lipinski definition) is 4. The highest BCUT2D eigenvalue weighted by molar-refractivity contribution is 6.14. The monoisotopic (exact) mass is 229 g/mol. The van der Waals surface area contributed by atoms with E-state index in [-0.39, 0.29) is 11.8 Å². The van der Waals surface area contributed by atoms with Crippen molar-refractivity contribution >= 4 is 18.0 Å². The molecule has 1 aromatic rings. The van der Waals surface area contributed by atoms with E-state index >= 15 is 0 Å². The number of hydrazone groups is 1. The molecule has 0 unspecified atom stereocenters. The van der Waals surface area contributed by atoms with Crippen LogP contribution in [-0.2, 0) is 16.1 Å². The molecular weight excluding hydrogens is 218 g/mol. The molecule has 1 aromatic carbocycles. The van der Waals surface area contributed by atoms with E-state index in [1.54, 1.807) is 0 Å². The molecule has 1 saturated heterocycles. The number of fused-ring (bicyclic) bond motifs is 1. The number of carbonyl (C=O) groups excluding carboxylic acids is 2. The van der Waals surface area contributed by atoms with Crippen molar-refractivity contribution in [3.8, 4) is 0 Å². The summed E-state index contributed by atoms with van der Waals surface area (Å²) in [5, 5.41) is 3.77. The van der Waals surface area contributed by atoms with Crippen molar-refractivity contribution < 1.29 is 9.59 Å². The first-order valence-corrected chi connectivity index (χ1v) is 5.45. The van der Waals surface area contributed by atoms with E-state index in [1.807, 2.05) is 30.3 Å². The maximum Gasteiger partial charge on any atom is 0.254 e. The number of nitrogens with one attached hydrogen (secondary N) is 1. The van der Waals surface area contributed by atoms with Crippen molar-refractivity contribution in [2.45, 2.75) is 12.6 Å². The molecule has 2 aliphatic rings. The van der Waals surface area contributed by atoms with Gasteiger partial charge in [0.2, 0.25) is 5.91 Å². The van der Waals surface area contributed by atoms with E-state index in [4.69, 9.17) is 0 Å². The standard InChI is InChI=1S/C12H11N3O2/c16-11-9-6-13-14-10(9)12(17)15(11)7-8-4-2-1-3-5-8/h1-6,9-10,14H,7H2/t9-,10+/m0/s1. The van der Waals surface area contributed by atoms with E-state index in [0.29, 0.717) is 6.54 Å². The van der Waals surface area contributed by atoms with Gasteiger partial charge in [0.05, 0.1) is 6.54 Å². The fourth-order valence-electron chi connectivity index (χ4n) is 2.16. The highest BCUT2D eigenvalue weighted by Gasteiger charge is 2.48. The van der Waals surface area contributed by atoms with Gasteiger partial charge in [0.25, 0.3) is 5.91 Å². The molecule has 2 heterocycles. The van der Waals surface area contributed by atoms with E-state index in [9.17, 15) is 9.59 Å². The predicted molar refractivity (Wildman–Crippen MR) is 60.9 cm³/mol. The highest BCUT2D eigenvalue weighted by atomic mass is 16.2. The topological polar surface area (TPSA) is 61.8 Å². The first-order chi connectivity index (χ1) is 8.27. The van der Waals surface area contributed by atoms with Crippen LogP contribution in [0.1, 0.15) is 5.56 Å². The van der Waals surface area contributed by atoms with Crippen LogP contribution < -0.4 is 5.43 Å². The molecular formula is C12H11N3O2. The summed E-state index contributed by atoms with van der Waals surface area (Å²) in [6.07, 6.45) is 1.51. The van der Waals surface area contributed by atoms with Crippen LogP contribution >= 0.6 is 0 Å². The van der Waals surface area contributed by atoms with Gasteiger partial charge in [-0.15, -0.1) is 0 Å². The van der Waals surface area contributed by atoms with Crippen LogP contribution in [0.2, 0.25) is 0 Å². The largest absolute Gasteiger partial charge is 0.297 e. The van der Waals surface area contributed by atoms with Gasteiger partial charge in [0.1, 0.15) is 12.0 Å². The van der Waals surface area contributed by atoms with E-state index in [0.717, 1.165) is 5.56 Å². The summed E-state index contributed by atoms with van der Waals surface area (Å²) in [4.78, 5) is 25.2. The van der Waals surface area contributed by atoms with Crippen LogP contribution in [0, 0.1) is 5.92 Å². The lowest BCUT2D eigenvalue weighted by molar-refractivity contribution is -0.140. The van der Waals surface area contributed by atoms with Gasteiger partial charge in [-0.05, 0) is 5.56 Å². The lowest BCUT2D eigenvalue weighted by Crippen LogP contribution is -2.35. The maximum absolute atomic E-state index is 12.0. The Hall–Kier alpha value is -2.17. The summed E-state index contributed by atoms with van der Waals surface area (Å²) in [7, 11) is 0. The Bertz CT molecular complexity index is 498. The number of carbonyl (C=O) groups is 2. The van der Waals surface area contributed by atoms with Crippen LogP contribution in [0.5, 0.6) is 0 Å². The highest BCUT2D eigenvalue weighted by Crippen LogP contribution is 2.23. The molecule has 0 radical (unpaired) electrons. The lowest BCUT2D eigenvalue weighted by atomic mass is 10.1. The van der Waals surface area contributed by atoms with Crippen LogP contribution in [0.25, 0.3) is 0 Å². The minimum atomic E-state index is -0.494. The Morgan fingerprint density at radius 1 is 1.18 bits per heavy atom. The van der Waals surface area contributed by atoms with Crippen molar-refractivity contribution in [2.75, 3.05) is 0 Å². The molecule has 0 aliphatic carbocycles. The maximum atomic E-state index is 12.0. The van der Waals surface area contributed by atoms with Gasteiger partial charge in [-0.2, -0.15) is 5.10 Å². The second-order valence-corrected chi connectivity index (χ2v) is 4.16. The Kier molecular flexibility index (Phi) is 2.18. The van der Waals surface area contributed by atoms with Crippen molar-refractivity contribution in [1.82, 2.24) is 10.3 Å². The average Bonchev–Trinajstić information content (AvgIpc) is 2.91. The predicted octanol–water partition coefficient (Wildman–Crippen LogP) is 0.129. The summed E-state index contributed by atoms with van der Waals surface area (Å²) >= 11 is 0. The quantitative estimate of drug-likeness (QED) is 0.733. The molecule has 86 valence electrons. The second kappa shape index (κ2) is 3.69. The molecule has 1 N–H and O–H groups in total. The molecule has 2 aliphatic heterocycles. The number of hydrogen-bond donors (Lipinski definition) is 1. The molecule has 1 fully saturated rings. The summed E-state index contributed by atoms with van der Waals surface area (Å²) in [5.41, 5.74) is 3.62. The molecule has 0 aromatic heterocycles. The number of nitrogens with zero attached hydrogens (tertiary/aromatic N) is 2.